The van der Waals surface area contributed by atoms with Crippen molar-refractivity contribution in [2.75, 3.05) is 0 Å². The highest BCUT2D eigenvalue weighted by atomic mass is 35.5. The van der Waals surface area contributed by atoms with Crippen molar-refractivity contribution < 1.29 is 9.53 Å². The van der Waals surface area contributed by atoms with Crippen LogP contribution in [0.1, 0.15) is 29.8 Å². The molecule has 0 bridgehead atoms. The fraction of sp³-hybridized carbons (Fsp3) is 0.235. The van der Waals surface area contributed by atoms with Gasteiger partial charge >= 0.3 is 0 Å². The number of carbonyl (C=O) groups is 1. The van der Waals surface area contributed by atoms with Crippen LogP contribution < -0.4 is 15.6 Å². The van der Waals surface area contributed by atoms with Crippen LogP contribution in [0.3, 0.4) is 0 Å². The van der Waals surface area contributed by atoms with Crippen molar-refractivity contribution >= 4 is 17.5 Å². The predicted octanol–water partition coefficient (Wildman–Crippen LogP) is 3.56. The zero-order chi connectivity index (χ0) is 15.9. The third-order valence-corrected chi connectivity index (χ3v) is 3.24. The fourth-order valence-corrected chi connectivity index (χ4v) is 2.12. The first-order chi connectivity index (χ1) is 10.6. The molecule has 0 unspecified atom stereocenters. The summed E-state index contributed by atoms with van der Waals surface area (Å²) in [5.74, 6) is 0.573. The first-order valence-corrected chi connectivity index (χ1v) is 7.47. The van der Waals surface area contributed by atoms with Crippen LogP contribution in [-0.4, -0.2) is 12.0 Å². The summed E-state index contributed by atoms with van der Waals surface area (Å²) >= 11 is 5.97. The summed E-state index contributed by atoms with van der Waals surface area (Å²) in [6, 6.07) is 14.6. The zero-order valence-corrected chi connectivity index (χ0v) is 13.4. The van der Waals surface area contributed by atoms with Crippen molar-refractivity contribution in [3.63, 3.8) is 0 Å². The summed E-state index contributed by atoms with van der Waals surface area (Å²) in [7, 11) is 0. The average Bonchev–Trinajstić information content (AvgIpc) is 2.49. The second-order valence-corrected chi connectivity index (χ2v) is 5.51. The molecule has 4 nitrogen and oxygen atoms in total. The van der Waals surface area contributed by atoms with Crippen LogP contribution >= 0.6 is 11.6 Å². The Labute approximate surface area is 135 Å². The highest BCUT2D eigenvalue weighted by molar-refractivity contribution is 6.33. The van der Waals surface area contributed by atoms with Crippen molar-refractivity contribution in [1.82, 2.24) is 10.9 Å². The van der Waals surface area contributed by atoms with Gasteiger partial charge in [0.05, 0.1) is 16.7 Å². The Hall–Kier alpha value is -2.04. The van der Waals surface area contributed by atoms with Crippen molar-refractivity contribution in [2.24, 2.45) is 0 Å². The monoisotopic (exact) mass is 318 g/mol. The summed E-state index contributed by atoms with van der Waals surface area (Å²) in [6.07, 6.45) is 0.152. The van der Waals surface area contributed by atoms with E-state index in [0.29, 0.717) is 17.1 Å². The number of ether oxygens (including phenoxy) is 1. The molecule has 2 aromatic rings. The molecule has 116 valence electrons. The molecule has 0 saturated heterocycles. The molecule has 2 N–H and O–H groups in total. The third kappa shape index (κ3) is 4.76. The molecule has 22 heavy (non-hydrogen) atoms. The number of benzene rings is 2. The van der Waals surface area contributed by atoms with Gasteiger partial charge in [-0.05, 0) is 43.7 Å². The molecule has 0 heterocycles. The summed E-state index contributed by atoms with van der Waals surface area (Å²) in [5, 5.41) is 0.428. The van der Waals surface area contributed by atoms with Crippen molar-refractivity contribution in [1.29, 1.82) is 0 Å². The Bertz CT molecular complexity index is 627. The van der Waals surface area contributed by atoms with Crippen LogP contribution in [-0.2, 0) is 6.54 Å². The number of hydrogen-bond acceptors (Lipinski definition) is 3. The molecule has 1 amide bonds. The quantitative estimate of drug-likeness (QED) is 0.801. The highest BCUT2D eigenvalue weighted by Gasteiger charge is 2.08. The Kier molecular flexibility index (Phi) is 5.81. The van der Waals surface area contributed by atoms with Crippen molar-refractivity contribution in [2.45, 2.75) is 26.5 Å². The van der Waals surface area contributed by atoms with Gasteiger partial charge in [0.2, 0.25) is 0 Å². The lowest BCUT2D eigenvalue weighted by molar-refractivity contribution is 0.0932. The lowest BCUT2D eigenvalue weighted by atomic mass is 10.2. The van der Waals surface area contributed by atoms with Gasteiger partial charge in [-0.25, -0.2) is 5.43 Å². The Morgan fingerprint density at radius 2 is 1.82 bits per heavy atom. The smallest absolute Gasteiger partial charge is 0.266 e. The Balaban J connectivity index is 1.83. The van der Waals surface area contributed by atoms with E-state index in [-0.39, 0.29) is 12.0 Å². The number of halogens is 1. The number of rotatable bonds is 6. The molecule has 0 atom stereocenters. The highest BCUT2D eigenvalue weighted by Crippen LogP contribution is 2.15. The van der Waals surface area contributed by atoms with Crippen molar-refractivity contribution in [3.05, 3.63) is 64.7 Å². The van der Waals surface area contributed by atoms with Crippen LogP contribution in [0.25, 0.3) is 0 Å². The van der Waals surface area contributed by atoms with Gasteiger partial charge in [0, 0.05) is 6.54 Å². The maximum atomic E-state index is 12.0. The van der Waals surface area contributed by atoms with Gasteiger partial charge in [0.1, 0.15) is 5.75 Å². The van der Waals surface area contributed by atoms with E-state index < -0.39 is 0 Å². The molecule has 0 aromatic heterocycles. The van der Waals surface area contributed by atoms with E-state index in [1.54, 1.807) is 24.3 Å². The Morgan fingerprint density at radius 3 is 2.45 bits per heavy atom. The lowest BCUT2D eigenvalue weighted by Crippen LogP contribution is -2.36. The molecular formula is C17H19ClN2O2. The zero-order valence-electron chi connectivity index (χ0n) is 12.6. The van der Waals surface area contributed by atoms with E-state index >= 15 is 0 Å². The largest absolute Gasteiger partial charge is 0.491 e. The van der Waals surface area contributed by atoms with Crippen LogP contribution in [0.2, 0.25) is 5.02 Å². The summed E-state index contributed by atoms with van der Waals surface area (Å²) in [6.45, 7) is 4.48. The topological polar surface area (TPSA) is 50.4 Å². The molecule has 0 saturated carbocycles. The molecule has 0 aliphatic carbocycles. The predicted molar refractivity (Wildman–Crippen MR) is 88.0 cm³/mol. The van der Waals surface area contributed by atoms with E-state index in [1.165, 1.54) is 0 Å². The molecule has 0 aliphatic rings. The summed E-state index contributed by atoms with van der Waals surface area (Å²) in [4.78, 5) is 12.0. The average molecular weight is 319 g/mol. The normalized spacial score (nSPS) is 10.5. The number of nitrogens with one attached hydrogen (secondary N) is 2. The minimum absolute atomic E-state index is 0.152. The number of hydrogen-bond donors (Lipinski definition) is 2. The molecule has 0 radical (unpaired) electrons. The summed E-state index contributed by atoms with van der Waals surface area (Å²) < 4.78 is 5.58. The Morgan fingerprint density at radius 1 is 1.14 bits per heavy atom. The van der Waals surface area contributed by atoms with Crippen LogP contribution in [0.4, 0.5) is 0 Å². The first-order valence-electron chi connectivity index (χ1n) is 7.09. The number of carbonyl (C=O) groups excluding carboxylic acids is 1. The number of hydrazine groups is 1. The van der Waals surface area contributed by atoms with Gasteiger partial charge in [0.15, 0.2) is 0 Å². The maximum absolute atomic E-state index is 12.0. The first kappa shape index (κ1) is 16.3. The van der Waals surface area contributed by atoms with E-state index in [1.807, 2.05) is 38.1 Å². The molecule has 2 rings (SSSR count). The minimum atomic E-state index is -0.259. The second kappa shape index (κ2) is 7.82. The van der Waals surface area contributed by atoms with E-state index in [4.69, 9.17) is 16.3 Å². The van der Waals surface area contributed by atoms with Gasteiger partial charge < -0.3 is 4.74 Å². The maximum Gasteiger partial charge on any atom is 0.266 e. The second-order valence-electron chi connectivity index (χ2n) is 5.10. The molecule has 0 spiro atoms. The molecule has 0 fully saturated rings. The molecular weight excluding hydrogens is 300 g/mol. The summed E-state index contributed by atoms with van der Waals surface area (Å²) in [5.41, 5.74) is 7.00. The van der Waals surface area contributed by atoms with Gasteiger partial charge in [-0.15, -0.1) is 0 Å². The molecule has 5 heteroatoms. The number of amides is 1. The van der Waals surface area contributed by atoms with Crippen LogP contribution in [0.15, 0.2) is 48.5 Å². The SMILES string of the molecule is CC(C)Oc1ccc(CNNC(=O)c2ccccc2Cl)cc1. The van der Waals surface area contributed by atoms with Gasteiger partial charge in [-0.1, -0.05) is 35.9 Å². The standard InChI is InChI=1S/C17H19ClN2O2/c1-12(2)22-14-9-7-13(8-10-14)11-19-20-17(21)15-5-3-4-6-16(15)18/h3-10,12,19H,11H2,1-2H3,(H,20,21). The fourth-order valence-electron chi connectivity index (χ4n) is 1.90. The van der Waals surface area contributed by atoms with E-state index in [9.17, 15) is 4.79 Å². The van der Waals surface area contributed by atoms with Crippen molar-refractivity contribution in [3.8, 4) is 5.75 Å². The van der Waals surface area contributed by atoms with Crippen LogP contribution in [0.5, 0.6) is 5.75 Å². The van der Waals surface area contributed by atoms with Gasteiger partial charge in [-0.2, -0.15) is 0 Å². The van der Waals surface area contributed by atoms with Crippen LogP contribution in [0, 0.1) is 0 Å². The molecule has 0 aliphatic heterocycles. The lowest BCUT2D eigenvalue weighted by Gasteiger charge is -2.11. The van der Waals surface area contributed by atoms with Gasteiger partial charge in [-0.3, -0.25) is 10.2 Å². The van der Waals surface area contributed by atoms with E-state index in [0.717, 1.165) is 11.3 Å². The molecule has 2 aromatic carbocycles. The third-order valence-electron chi connectivity index (χ3n) is 2.91. The van der Waals surface area contributed by atoms with Gasteiger partial charge in [0.25, 0.3) is 5.91 Å². The minimum Gasteiger partial charge on any atom is -0.491 e. The van der Waals surface area contributed by atoms with E-state index in [2.05, 4.69) is 10.9 Å².